The Morgan fingerprint density at radius 1 is 0.962 bits per heavy atom. The summed E-state index contributed by atoms with van der Waals surface area (Å²) in [5.74, 6) is 2.75. The van der Waals surface area contributed by atoms with Crippen LogP contribution in [-0.2, 0) is 0 Å². The van der Waals surface area contributed by atoms with Gasteiger partial charge in [-0.1, -0.05) is 18.2 Å². The quantitative estimate of drug-likeness (QED) is 0.714. The fraction of sp³-hybridized carbons (Fsp3) is 0.368. The number of benzene rings is 1. The van der Waals surface area contributed by atoms with Gasteiger partial charge in [-0.25, -0.2) is 0 Å². The number of aromatic nitrogens is 4. The number of hydrogen-bond acceptors (Lipinski definition) is 7. The van der Waals surface area contributed by atoms with E-state index in [0.29, 0.717) is 17.5 Å². The molecule has 7 heteroatoms. The van der Waals surface area contributed by atoms with Crippen molar-refractivity contribution in [2.75, 3.05) is 18.0 Å². The molecule has 0 N–H and O–H groups in total. The van der Waals surface area contributed by atoms with Gasteiger partial charge in [-0.2, -0.15) is 0 Å². The molecule has 0 aliphatic carbocycles. The monoisotopic (exact) mass is 351 g/mol. The summed E-state index contributed by atoms with van der Waals surface area (Å²) in [6.45, 7) is 5.61. The molecule has 1 saturated heterocycles. The van der Waals surface area contributed by atoms with Gasteiger partial charge in [-0.15, -0.1) is 20.4 Å². The Morgan fingerprint density at radius 2 is 1.77 bits per heavy atom. The molecule has 1 fully saturated rings. The summed E-state index contributed by atoms with van der Waals surface area (Å²) < 4.78 is 11.5. The van der Waals surface area contributed by atoms with Crippen LogP contribution in [0.4, 0.5) is 5.82 Å². The van der Waals surface area contributed by atoms with Gasteiger partial charge in [0.2, 0.25) is 5.89 Å². The SMILES string of the molecule is Cc1nnc(-c2ccc(N3CCC(Oc4ccccc4C)CC3)nn2)o1. The minimum absolute atomic E-state index is 0.237. The van der Waals surface area contributed by atoms with Crippen LogP contribution in [0.5, 0.6) is 5.75 Å². The van der Waals surface area contributed by atoms with Crippen molar-refractivity contribution < 1.29 is 9.15 Å². The van der Waals surface area contributed by atoms with Gasteiger partial charge in [0.25, 0.3) is 5.89 Å². The average Bonchev–Trinajstić information content (AvgIpc) is 3.11. The number of anilines is 1. The Hall–Kier alpha value is -2.96. The number of piperidine rings is 1. The van der Waals surface area contributed by atoms with Crippen molar-refractivity contribution in [2.24, 2.45) is 0 Å². The maximum absolute atomic E-state index is 6.16. The van der Waals surface area contributed by atoms with E-state index < -0.39 is 0 Å². The van der Waals surface area contributed by atoms with E-state index in [0.717, 1.165) is 37.5 Å². The van der Waals surface area contributed by atoms with Gasteiger partial charge in [-0.3, -0.25) is 0 Å². The third-order valence-corrected chi connectivity index (χ3v) is 4.55. The zero-order chi connectivity index (χ0) is 17.9. The van der Waals surface area contributed by atoms with Crippen LogP contribution in [0.25, 0.3) is 11.6 Å². The summed E-state index contributed by atoms with van der Waals surface area (Å²) in [6.07, 6.45) is 2.15. The number of para-hydroxylation sites is 1. The van der Waals surface area contributed by atoms with Crippen molar-refractivity contribution in [3.63, 3.8) is 0 Å². The smallest absolute Gasteiger partial charge is 0.268 e. The van der Waals surface area contributed by atoms with Crippen LogP contribution in [0.3, 0.4) is 0 Å². The molecule has 0 unspecified atom stereocenters. The zero-order valence-corrected chi connectivity index (χ0v) is 14.9. The molecule has 134 valence electrons. The first-order chi connectivity index (χ1) is 12.7. The van der Waals surface area contributed by atoms with Crippen molar-refractivity contribution >= 4 is 5.82 Å². The predicted octanol–water partition coefficient (Wildman–Crippen LogP) is 3.19. The van der Waals surface area contributed by atoms with E-state index in [1.807, 2.05) is 30.3 Å². The lowest BCUT2D eigenvalue weighted by Gasteiger charge is -2.32. The number of ether oxygens (including phenoxy) is 1. The first kappa shape index (κ1) is 16.5. The summed E-state index contributed by atoms with van der Waals surface area (Å²) in [5.41, 5.74) is 1.76. The largest absolute Gasteiger partial charge is 0.490 e. The molecule has 0 saturated carbocycles. The van der Waals surface area contributed by atoms with E-state index in [1.165, 1.54) is 5.56 Å². The molecule has 2 aromatic heterocycles. The van der Waals surface area contributed by atoms with Crippen molar-refractivity contribution in [3.05, 3.63) is 47.9 Å². The molecule has 0 amide bonds. The van der Waals surface area contributed by atoms with Crippen molar-refractivity contribution in [1.82, 2.24) is 20.4 Å². The maximum Gasteiger partial charge on any atom is 0.268 e. The molecule has 0 bridgehead atoms. The van der Waals surface area contributed by atoms with Crippen molar-refractivity contribution in [3.8, 4) is 17.3 Å². The Bertz CT molecular complexity index is 870. The van der Waals surface area contributed by atoms with Crippen LogP contribution in [0.15, 0.2) is 40.8 Å². The predicted molar refractivity (Wildman–Crippen MR) is 97.1 cm³/mol. The lowest BCUT2D eigenvalue weighted by atomic mass is 10.1. The lowest BCUT2D eigenvalue weighted by Crippen LogP contribution is -2.38. The van der Waals surface area contributed by atoms with Gasteiger partial charge >= 0.3 is 0 Å². The normalized spacial score (nSPS) is 15.2. The van der Waals surface area contributed by atoms with Gasteiger partial charge in [0, 0.05) is 32.9 Å². The third-order valence-electron chi connectivity index (χ3n) is 4.55. The highest BCUT2D eigenvalue weighted by Crippen LogP contribution is 2.24. The molecule has 1 aromatic carbocycles. The maximum atomic E-state index is 6.16. The molecule has 0 radical (unpaired) electrons. The minimum atomic E-state index is 0.237. The second kappa shape index (κ2) is 7.11. The molecular weight excluding hydrogens is 330 g/mol. The highest BCUT2D eigenvalue weighted by molar-refractivity contribution is 5.49. The Labute approximate surface area is 152 Å². The molecule has 3 aromatic rings. The highest BCUT2D eigenvalue weighted by Gasteiger charge is 2.22. The number of aryl methyl sites for hydroxylation is 2. The summed E-state index contributed by atoms with van der Waals surface area (Å²) in [6, 6.07) is 12.0. The molecular formula is C19H21N5O2. The summed E-state index contributed by atoms with van der Waals surface area (Å²) in [4.78, 5) is 2.23. The van der Waals surface area contributed by atoms with Crippen LogP contribution in [0, 0.1) is 13.8 Å². The molecule has 1 aliphatic heterocycles. The molecule has 7 nitrogen and oxygen atoms in total. The van der Waals surface area contributed by atoms with Crippen LogP contribution in [0.2, 0.25) is 0 Å². The summed E-state index contributed by atoms with van der Waals surface area (Å²) >= 11 is 0. The molecule has 0 spiro atoms. The highest BCUT2D eigenvalue weighted by atomic mass is 16.5. The summed E-state index contributed by atoms with van der Waals surface area (Å²) in [7, 11) is 0. The van der Waals surface area contributed by atoms with Crippen LogP contribution >= 0.6 is 0 Å². The van der Waals surface area contributed by atoms with Gasteiger partial charge in [0.05, 0.1) is 0 Å². The zero-order valence-electron chi connectivity index (χ0n) is 14.9. The average molecular weight is 351 g/mol. The van der Waals surface area contributed by atoms with Crippen molar-refractivity contribution in [1.29, 1.82) is 0 Å². The van der Waals surface area contributed by atoms with Gasteiger partial charge in [-0.05, 0) is 30.7 Å². The van der Waals surface area contributed by atoms with E-state index in [2.05, 4.69) is 38.3 Å². The number of hydrogen-bond donors (Lipinski definition) is 0. The second-order valence-electron chi connectivity index (χ2n) is 6.47. The first-order valence-electron chi connectivity index (χ1n) is 8.80. The Morgan fingerprint density at radius 3 is 2.42 bits per heavy atom. The van der Waals surface area contributed by atoms with Crippen LogP contribution in [0.1, 0.15) is 24.3 Å². The lowest BCUT2D eigenvalue weighted by molar-refractivity contribution is 0.169. The molecule has 26 heavy (non-hydrogen) atoms. The molecule has 3 heterocycles. The number of nitrogens with zero attached hydrogens (tertiary/aromatic N) is 5. The van der Waals surface area contributed by atoms with E-state index in [1.54, 1.807) is 6.92 Å². The fourth-order valence-corrected chi connectivity index (χ4v) is 3.08. The Kier molecular flexibility index (Phi) is 4.51. The Balaban J connectivity index is 1.36. The van der Waals surface area contributed by atoms with E-state index in [-0.39, 0.29) is 6.10 Å². The molecule has 0 atom stereocenters. The molecule has 4 rings (SSSR count). The van der Waals surface area contributed by atoms with E-state index in [4.69, 9.17) is 9.15 Å². The summed E-state index contributed by atoms with van der Waals surface area (Å²) in [5, 5.41) is 16.3. The van der Waals surface area contributed by atoms with E-state index >= 15 is 0 Å². The first-order valence-corrected chi connectivity index (χ1v) is 8.80. The van der Waals surface area contributed by atoms with Crippen LogP contribution in [-0.4, -0.2) is 39.6 Å². The second-order valence-corrected chi connectivity index (χ2v) is 6.47. The third kappa shape index (κ3) is 3.51. The molecule has 1 aliphatic rings. The standard InChI is InChI=1S/C19H21N5O2/c1-13-5-3-4-6-17(13)26-15-9-11-24(12-10-15)18-8-7-16(21-22-18)19-23-20-14(2)25-19/h3-8,15H,9-12H2,1-2H3. The van der Waals surface area contributed by atoms with Crippen molar-refractivity contribution in [2.45, 2.75) is 32.8 Å². The van der Waals surface area contributed by atoms with Crippen LogP contribution < -0.4 is 9.64 Å². The van der Waals surface area contributed by atoms with Gasteiger partial charge in [0.15, 0.2) is 5.82 Å². The van der Waals surface area contributed by atoms with E-state index in [9.17, 15) is 0 Å². The van der Waals surface area contributed by atoms with Gasteiger partial charge in [0.1, 0.15) is 17.5 Å². The number of rotatable bonds is 4. The van der Waals surface area contributed by atoms with Gasteiger partial charge < -0.3 is 14.1 Å². The topological polar surface area (TPSA) is 77.2 Å². The fourth-order valence-electron chi connectivity index (χ4n) is 3.08. The minimum Gasteiger partial charge on any atom is -0.490 e.